The van der Waals surface area contributed by atoms with E-state index in [0.717, 1.165) is 50.5 Å². The molecule has 3 N–H and O–H groups in total. The minimum absolute atomic E-state index is 0.0462. The summed E-state index contributed by atoms with van der Waals surface area (Å²) in [5, 5.41) is 19.0. The Bertz CT molecular complexity index is 1160. The molecule has 1 amide bonds. The number of nitrogens with zero attached hydrogens (tertiary/aromatic N) is 4. The summed E-state index contributed by atoms with van der Waals surface area (Å²) >= 11 is 0. The SMILES string of the molecule is CC[C@@H]1[C@H](CO)ON(Cc2cccc(N3CCN(C(=NC(C)C)NC(C)C)CC3)c2)[C@@H]1C(=O)NC1C[C@H]2C[C@@H]([C@@H]1C)C2(C)C. The number of hydroxylamine groups is 2. The van der Waals surface area contributed by atoms with Gasteiger partial charge in [0.25, 0.3) is 0 Å². The zero-order valence-electron chi connectivity index (χ0n) is 28.4. The average molecular weight is 611 g/mol. The van der Waals surface area contributed by atoms with Crippen LogP contribution in [0.3, 0.4) is 0 Å². The molecule has 9 heteroatoms. The fourth-order valence-electron chi connectivity index (χ4n) is 8.38. The summed E-state index contributed by atoms with van der Waals surface area (Å²) < 4.78 is 0. The largest absolute Gasteiger partial charge is 0.394 e. The van der Waals surface area contributed by atoms with Crippen LogP contribution >= 0.6 is 0 Å². The van der Waals surface area contributed by atoms with Crippen LogP contribution in [0.4, 0.5) is 5.69 Å². The van der Waals surface area contributed by atoms with Gasteiger partial charge in [-0.1, -0.05) is 39.8 Å². The van der Waals surface area contributed by atoms with Crippen LogP contribution < -0.4 is 15.5 Å². The number of guanidine groups is 1. The Morgan fingerprint density at radius 3 is 2.45 bits per heavy atom. The Kier molecular flexibility index (Phi) is 10.2. The number of anilines is 1. The number of benzene rings is 1. The summed E-state index contributed by atoms with van der Waals surface area (Å²) in [5.41, 5.74) is 2.67. The Morgan fingerprint density at radius 1 is 1.14 bits per heavy atom. The van der Waals surface area contributed by atoms with E-state index in [1.165, 1.54) is 12.1 Å². The molecule has 0 radical (unpaired) electrons. The fourth-order valence-corrected chi connectivity index (χ4v) is 8.38. The second kappa shape index (κ2) is 13.6. The first-order valence-corrected chi connectivity index (χ1v) is 17.2. The van der Waals surface area contributed by atoms with Crippen LogP contribution in [0.15, 0.2) is 29.3 Å². The molecule has 5 fully saturated rings. The monoisotopic (exact) mass is 610 g/mol. The molecule has 0 spiro atoms. The lowest BCUT2D eigenvalue weighted by molar-refractivity contribution is -0.183. The molecule has 2 heterocycles. The van der Waals surface area contributed by atoms with Crippen molar-refractivity contribution < 1.29 is 14.7 Å². The van der Waals surface area contributed by atoms with Crippen molar-refractivity contribution in [2.24, 2.45) is 34.1 Å². The Labute approximate surface area is 265 Å². The first-order valence-electron chi connectivity index (χ1n) is 17.2. The average Bonchev–Trinajstić information content (AvgIpc) is 3.34. The summed E-state index contributed by atoms with van der Waals surface area (Å²) in [4.78, 5) is 29.9. The molecule has 3 saturated carbocycles. The summed E-state index contributed by atoms with van der Waals surface area (Å²) in [7, 11) is 0. The van der Waals surface area contributed by atoms with Crippen LogP contribution in [0.1, 0.15) is 80.2 Å². The number of nitrogens with one attached hydrogen (secondary N) is 2. The number of carbonyl (C=O) groups excluding carboxylic acids is 1. The van der Waals surface area contributed by atoms with Crippen molar-refractivity contribution in [1.29, 1.82) is 0 Å². The van der Waals surface area contributed by atoms with Crippen molar-refractivity contribution in [3.8, 4) is 0 Å². The van der Waals surface area contributed by atoms with Crippen molar-refractivity contribution in [1.82, 2.24) is 20.6 Å². The lowest BCUT2D eigenvalue weighted by Gasteiger charge is -2.62. The minimum atomic E-state index is -0.421. The lowest BCUT2D eigenvalue weighted by atomic mass is 9.45. The number of aliphatic hydroxyl groups excluding tert-OH is 1. The van der Waals surface area contributed by atoms with Gasteiger partial charge >= 0.3 is 0 Å². The molecule has 1 unspecified atom stereocenters. The molecule has 2 bridgehead atoms. The van der Waals surface area contributed by atoms with E-state index in [-0.39, 0.29) is 36.6 Å². The molecule has 44 heavy (non-hydrogen) atoms. The zero-order chi connectivity index (χ0) is 31.8. The van der Waals surface area contributed by atoms with Gasteiger partial charge in [-0.2, -0.15) is 5.06 Å². The molecule has 6 rings (SSSR count). The second-order valence-corrected chi connectivity index (χ2v) is 15.0. The van der Waals surface area contributed by atoms with Gasteiger partial charge in [0.05, 0.1) is 13.2 Å². The maximum atomic E-state index is 14.0. The molecule has 9 nitrogen and oxygen atoms in total. The van der Waals surface area contributed by atoms with E-state index in [2.05, 4.69) is 100 Å². The first kappa shape index (κ1) is 33.0. The Hall–Kier alpha value is -2.36. The molecule has 246 valence electrons. The maximum Gasteiger partial charge on any atom is 0.240 e. The van der Waals surface area contributed by atoms with Crippen molar-refractivity contribution >= 4 is 17.6 Å². The summed E-state index contributed by atoms with van der Waals surface area (Å²) in [5.74, 6) is 2.80. The van der Waals surface area contributed by atoms with E-state index in [4.69, 9.17) is 9.83 Å². The van der Waals surface area contributed by atoms with Crippen molar-refractivity contribution in [3.05, 3.63) is 29.8 Å². The van der Waals surface area contributed by atoms with Crippen LogP contribution in [0.2, 0.25) is 0 Å². The van der Waals surface area contributed by atoms with Crippen LogP contribution in [-0.4, -0.2) is 90.0 Å². The third-order valence-corrected chi connectivity index (χ3v) is 11.1. The molecule has 3 aliphatic carbocycles. The van der Waals surface area contributed by atoms with Gasteiger partial charge in [0.1, 0.15) is 12.1 Å². The Balaban J connectivity index is 1.25. The third kappa shape index (κ3) is 6.75. The van der Waals surface area contributed by atoms with Crippen molar-refractivity contribution in [3.63, 3.8) is 0 Å². The first-order chi connectivity index (χ1) is 20.9. The number of aliphatic imine (C=N–C) groups is 1. The van der Waals surface area contributed by atoms with E-state index in [0.29, 0.717) is 35.8 Å². The summed E-state index contributed by atoms with van der Waals surface area (Å²) in [6, 6.07) is 8.98. The van der Waals surface area contributed by atoms with E-state index in [1.807, 2.05) is 5.06 Å². The van der Waals surface area contributed by atoms with Gasteiger partial charge in [0, 0.05) is 55.9 Å². The molecule has 1 aromatic carbocycles. The highest BCUT2D eigenvalue weighted by molar-refractivity contribution is 5.83. The smallest absolute Gasteiger partial charge is 0.240 e. The van der Waals surface area contributed by atoms with Gasteiger partial charge in [-0.15, -0.1) is 0 Å². The quantitative estimate of drug-likeness (QED) is 0.284. The number of hydrogen-bond acceptors (Lipinski definition) is 6. The van der Waals surface area contributed by atoms with Gasteiger partial charge in [0.2, 0.25) is 5.91 Å². The van der Waals surface area contributed by atoms with Gasteiger partial charge in [0.15, 0.2) is 5.96 Å². The van der Waals surface area contributed by atoms with Gasteiger partial charge in [-0.25, -0.2) is 0 Å². The molecular weight excluding hydrogens is 552 g/mol. The number of fused-ring (bicyclic) bond motifs is 2. The Morgan fingerprint density at radius 2 is 1.86 bits per heavy atom. The maximum absolute atomic E-state index is 14.0. The number of amides is 1. The molecule has 7 atom stereocenters. The molecule has 2 aliphatic heterocycles. The highest BCUT2D eigenvalue weighted by Gasteiger charge is 2.57. The number of piperazine rings is 1. The number of aliphatic hydroxyl groups is 1. The topological polar surface area (TPSA) is 92.7 Å². The molecule has 5 aliphatic rings. The predicted molar refractivity (Wildman–Crippen MR) is 177 cm³/mol. The summed E-state index contributed by atoms with van der Waals surface area (Å²) in [6.07, 6.45) is 2.74. The third-order valence-electron chi connectivity index (χ3n) is 11.1. The highest BCUT2D eigenvalue weighted by Crippen LogP contribution is 2.61. The van der Waals surface area contributed by atoms with Crippen molar-refractivity contribution in [2.45, 2.75) is 111 Å². The van der Waals surface area contributed by atoms with E-state index in [9.17, 15) is 9.90 Å². The second-order valence-electron chi connectivity index (χ2n) is 15.0. The molecule has 1 aromatic rings. The number of carbonyl (C=O) groups is 1. The zero-order valence-corrected chi connectivity index (χ0v) is 28.4. The minimum Gasteiger partial charge on any atom is -0.394 e. The van der Waals surface area contributed by atoms with E-state index >= 15 is 0 Å². The van der Waals surface area contributed by atoms with Gasteiger partial charge in [-0.3, -0.25) is 14.6 Å². The number of rotatable bonds is 9. The van der Waals surface area contributed by atoms with Crippen LogP contribution in [0, 0.1) is 29.1 Å². The molecular formula is C35H58N6O3. The van der Waals surface area contributed by atoms with E-state index in [1.54, 1.807) is 0 Å². The summed E-state index contributed by atoms with van der Waals surface area (Å²) in [6.45, 7) is 21.8. The standard InChI is InChI=1S/C35H58N6O3/c1-9-28-31(21-42)44-41(32(28)33(43)38-30-19-26-18-29(24(30)6)35(26,7)8)20-25-11-10-12-27(17-25)39-13-15-40(16-14-39)34(36-22(2)3)37-23(4)5/h10-12,17,22-24,26,28-32,42H,9,13-16,18-21H2,1-8H3,(H,36,37)(H,38,43)/t24-,26+,28+,29-,30?,31-,32-/m0/s1. The predicted octanol–water partition coefficient (Wildman–Crippen LogP) is 4.26. The fraction of sp³-hybridized carbons (Fsp3) is 0.771. The highest BCUT2D eigenvalue weighted by atomic mass is 16.7. The van der Waals surface area contributed by atoms with Crippen LogP contribution in [0.25, 0.3) is 0 Å². The normalized spacial score (nSPS) is 32.2. The van der Waals surface area contributed by atoms with Gasteiger partial charge < -0.3 is 25.5 Å². The number of hydrogen-bond donors (Lipinski definition) is 3. The van der Waals surface area contributed by atoms with Gasteiger partial charge in [-0.05, 0) is 87.8 Å². The lowest BCUT2D eigenvalue weighted by Crippen LogP contribution is -2.62. The van der Waals surface area contributed by atoms with Crippen LogP contribution in [-0.2, 0) is 16.2 Å². The van der Waals surface area contributed by atoms with Crippen LogP contribution in [0.5, 0.6) is 0 Å². The van der Waals surface area contributed by atoms with Crippen molar-refractivity contribution in [2.75, 3.05) is 37.7 Å². The molecule has 0 aromatic heterocycles. The van der Waals surface area contributed by atoms with E-state index < -0.39 is 6.04 Å². The molecule has 2 saturated heterocycles.